The van der Waals surface area contributed by atoms with E-state index in [0.717, 1.165) is 5.69 Å². The van der Waals surface area contributed by atoms with Gasteiger partial charge in [0.05, 0.1) is 20.1 Å². The summed E-state index contributed by atoms with van der Waals surface area (Å²) in [5, 5.41) is 0.304. The summed E-state index contributed by atoms with van der Waals surface area (Å²) < 4.78 is 38.2. The SMILES string of the molecule is COc1ccc(N(C)C(=O)[C@@H]2CCCN(S(=O)(=O)c3cc(Cl)ccc3OC)C2)cc1. The zero-order valence-corrected chi connectivity index (χ0v) is 18.7. The second kappa shape index (κ2) is 9.24. The lowest BCUT2D eigenvalue weighted by atomic mass is 9.98. The molecule has 1 atom stereocenters. The molecule has 1 saturated heterocycles. The van der Waals surface area contributed by atoms with Crippen LogP contribution in [-0.4, -0.2) is 53.0 Å². The number of amides is 1. The Kier molecular flexibility index (Phi) is 6.90. The molecule has 30 heavy (non-hydrogen) atoms. The molecule has 0 aromatic heterocycles. The highest BCUT2D eigenvalue weighted by molar-refractivity contribution is 7.89. The Labute approximate surface area is 182 Å². The number of hydrogen-bond donors (Lipinski definition) is 0. The van der Waals surface area contributed by atoms with Crippen molar-refractivity contribution in [2.45, 2.75) is 17.7 Å². The molecule has 2 aromatic carbocycles. The molecule has 0 N–H and O–H groups in total. The first-order chi connectivity index (χ1) is 14.3. The summed E-state index contributed by atoms with van der Waals surface area (Å²) >= 11 is 6.02. The number of rotatable bonds is 6. The van der Waals surface area contributed by atoms with E-state index in [1.165, 1.54) is 23.5 Å². The molecule has 1 fully saturated rings. The van der Waals surface area contributed by atoms with Crippen molar-refractivity contribution in [3.63, 3.8) is 0 Å². The van der Waals surface area contributed by atoms with Crippen molar-refractivity contribution in [1.29, 1.82) is 0 Å². The van der Waals surface area contributed by atoms with Gasteiger partial charge in [0.25, 0.3) is 0 Å². The maximum atomic E-state index is 13.2. The van der Waals surface area contributed by atoms with Gasteiger partial charge in [-0.05, 0) is 55.3 Å². The van der Waals surface area contributed by atoms with Crippen molar-refractivity contribution in [2.75, 3.05) is 39.3 Å². The summed E-state index contributed by atoms with van der Waals surface area (Å²) in [6.07, 6.45) is 1.22. The molecule has 1 amide bonds. The third-order valence-electron chi connectivity index (χ3n) is 5.27. The Hall–Kier alpha value is -2.29. The number of anilines is 1. The number of methoxy groups -OCH3 is 2. The van der Waals surface area contributed by atoms with Gasteiger partial charge >= 0.3 is 0 Å². The number of hydrogen-bond acceptors (Lipinski definition) is 5. The number of nitrogens with zero attached hydrogens (tertiary/aromatic N) is 2. The Bertz CT molecular complexity index is 1010. The molecule has 7 nitrogen and oxygen atoms in total. The molecule has 162 valence electrons. The first kappa shape index (κ1) is 22.4. The zero-order valence-electron chi connectivity index (χ0n) is 17.2. The lowest BCUT2D eigenvalue weighted by Crippen LogP contribution is -2.46. The third kappa shape index (κ3) is 4.55. The van der Waals surface area contributed by atoms with Crippen molar-refractivity contribution in [3.8, 4) is 11.5 Å². The van der Waals surface area contributed by atoms with E-state index < -0.39 is 15.9 Å². The summed E-state index contributed by atoms with van der Waals surface area (Å²) in [6.45, 7) is 0.450. The molecule has 3 rings (SSSR count). The van der Waals surface area contributed by atoms with Crippen LogP contribution in [0, 0.1) is 5.92 Å². The van der Waals surface area contributed by atoms with E-state index in [1.54, 1.807) is 49.4 Å². The smallest absolute Gasteiger partial charge is 0.246 e. The van der Waals surface area contributed by atoms with Gasteiger partial charge in [-0.15, -0.1) is 0 Å². The standard InChI is InChI=1S/C21H25ClN2O5S/c1-23(17-7-9-18(28-2)10-8-17)21(25)15-5-4-12-24(14-15)30(26,27)20-13-16(22)6-11-19(20)29-3/h6-11,13,15H,4-5,12,14H2,1-3H3/t15-/m1/s1. The number of piperidine rings is 1. The van der Waals surface area contributed by atoms with Crippen molar-refractivity contribution in [1.82, 2.24) is 4.31 Å². The van der Waals surface area contributed by atoms with Crippen LogP contribution in [-0.2, 0) is 14.8 Å². The molecule has 0 radical (unpaired) electrons. The monoisotopic (exact) mass is 452 g/mol. The van der Waals surface area contributed by atoms with Gasteiger partial charge < -0.3 is 14.4 Å². The minimum atomic E-state index is -3.86. The minimum absolute atomic E-state index is 0.00843. The average molecular weight is 453 g/mol. The summed E-state index contributed by atoms with van der Waals surface area (Å²) in [6, 6.07) is 11.6. The minimum Gasteiger partial charge on any atom is -0.497 e. The molecule has 2 aromatic rings. The van der Waals surface area contributed by atoms with E-state index in [9.17, 15) is 13.2 Å². The number of halogens is 1. The highest BCUT2D eigenvalue weighted by Crippen LogP contribution is 2.32. The number of benzene rings is 2. The Morgan fingerprint density at radius 2 is 1.83 bits per heavy atom. The topological polar surface area (TPSA) is 76.2 Å². The molecule has 9 heteroatoms. The van der Waals surface area contributed by atoms with Gasteiger partial charge in [-0.25, -0.2) is 8.42 Å². The zero-order chi connectivity index (χ0) is 21.9. The van der Waals surface area contributed by atoms with Crippen LogP contribution in [0.3, 0.4) is 0 Å². The van der Waals surface area contributed by atoms with Crippen LogP contribution in [0.1, 0.15) is 12.8 Å². The summed E-state index contributed by atoms with van der Waals surface area (Å²) in [5.41, 5.74) is 0.720. The maximum Gasteiger partial charge on any atom is 0.246 e. The van der Waals surface area contributed by atoms with Crippen LogP contribution in [0.25, 0.3) is 0 Å². The van der Waals surface area contributed by atoms with E-state index in [-0.39, 0.29) is 23.1 Å². The van der Waals surface area contributed by atoms with Crippen molar-refractivity contribution < 1.29 is 22.7 Å². The van der Waals surface area contributed by atoms with Gasteiger partial charge in [-0.3, -0.25) is 4.79 Å². The average Bonchev–Trinajstić information content (AvgIpc) is 2.78. The Balaban J connectivity index is 1.80. The molecular weight excluding hydrogens is 428 g/mol. The highest BCUT2D eigenvalue weighted by atomic mass is 35.5. The quantitative estimate of drug-likeness (QED) is 0.671. The van der Waals surface area contributed by atoms with E-state index in [2.05, 4.69) is 0 Å². The molecule has 0 unspecified atom stereocenters. The summed E-state index contributed by atoms with van der Waals surface area (Å²) in [7, 11) is 0.826. The van der Waals surface area contributed by atoms with Gasteiger partial charge in [0, 0.05) is 30.8 Å². The lowest BCUT2D eigenvalue weighted by molar-refractivity contribution is -0.123. The maximum absolute atomic E-state index is 13.2. The predicted octanol–water partition coefficient (Wildman–Crippen LogP) is 3.42. The Morgan fingerprint density at radius 3 is 2.47 bits per heavy atom. The fourth-order valence-corrected chi connectivity index (χ4v) is 5.50. The molecular formula is C21H25ClN2O5S. The molecule has 0 saturated carbocycles. The van der Waals surface area contributed by atoms with Gasteiger partial charge in [0.2, 0.25) is 15.9 Å². The fraction of sp³-hybridized carbons (Fsp3) is 0.381. The largest absolute Gasteiger partial charge is 0.497 e. The van der Waals surface area contributed by atoms with Gasteiger partial charge in [0.1, 0.15) is 16.4 Å². The number of sulfonamides is 1. The molecule has 1 aliphatic rings. The van der Waals surface area contributed by atoms with Crippen LogP contribution < -0.4 is 14.4 Å². The van der Waals surface area contributed by atoms with E-state index in [0.29, 0.717) is 30.2 Å². The molecule has 0 bridgehead atoms. The van der Waals surface area contributed by atoms with Crippen molar-refractivity contribution in [3.05, 3.63) is 47.5 Å². The predicted molar refractivity (Wildman–Crippen MR) is 116 cm³/mol. The number of carbonyl (C=O) groups excluding carboxylic acids is 1. The van der Waals surface area contributed by atoms with Crippen LogP contribution in [0.15, 0.2) is 47.4 Å². The fourth-order valence-electron chi connectivity index (χ4n) is 3.56. The van der Waals surface area contributed by atoms with Gasteiger partial charge in [-0.2, -0.15) is 4.31 Å². The van der Waals surface area contributed by atoms with Crippen LogP contribution >= 0.6 is 11.6 Å². The van der Waals surface area contributed by atoms with Gasteiger partial charge in [-0.1, -0.05) is 11.6 Å². The van der Waals surface area contributed by atoms with Gasteiger partial charge in [0.15, 0.2) is 0 Å². The molecule has 0 aliphatic carbocycles. The first-order valence-corrected chi connectivity index (χ1v) is 11.3. The molecule has 0 spiro atoms. The number of carbonyl (C=O) groups is 1. The highest BCUT2D eigenvalue weighted by Gasteiger charge is 2.36. The van der Waals surface area contributed by atoms with Crippen LogP contribution in [0.5, 0.6) is 11.5 Å². The van der Waals surface area contributed by atoms with Crippen molar-refractivity contribution in [2.24, 2.45) is 5.92 Å². The van der Waals surface area contributed by atoms with Crippen LogP contribution in [0.2, 0.25) is 5.02 Å². The second-order valence-electron chi connectivity index (χ2n) is 7.09. The van der Waals surface area contributed by atoms with E-state index in [4.69, 9.17) is 21.1 Å². The summed E-state index contributed by atoms with van der Waals surface area (Å²) in [4.78, 5) is 14.6. The van der Waals surface area contributed by atoms with E-state index >= 15 is 0 Å². The third-order valence-corrected chi connectivity index (χ3v) is 7.39. The van der Waals surface area contributed by atoms with Crippen LogP contribution in [0.4, 0.5) is 5.69 Å². The second-order valence-corrected chi connectivity index (χ2v) is 9.44. The molecule has 1 aliphatic heterocycles. The first-order valence-electron chi connectivity index (χ1n) is 9.53. The normalized spacial score (nSPS) is 17.4. The Morgan fingerprint density at radius 1 is 1.13 bits per heavy atom. The lowest BCUT2D eigenvalue weighted by Gasteiger charge is -2.33. The number of ether oxygens (including phenoxy) is 2. The van der Waals surface area contributed by atoms with E-state index in [1.807, 2.05) is 0 Å². The summed E-state index contributed by atoms with van der Waals surface area (Å²) in [5.74, 6) is 0.358. The van der Waals surface area contributed by atoms with Crippen molar-refractivity contribution >= 4 is 33.2 Å². The molecule has 1 heterocycles.